The molecule has 0 aliphatic carbocycles. The van der Waals surface area contributed by atoms with Gasteiger partial charge in [0.2, 0.25) is 0 Å². The van der Waals surface area contributed by atoms with Crippen LogP contribution in [0.15, 0.2) is 12.1 Å². The third-order valence-corrected chi connectivity index (χ3v) is 2.41. The summed E-state index contributed by atoms with van der Waals surface area (Å²) in [5.74, 6) is -0.182. The molecule has 1 N–H and O–H groups in total. The summed E-state index contributed by atoms with van der Waals surface area (Å²) >= 11 is 1.45. The first kappa shape index (κ1) is 11.2. The van der Waals surface area contributed by atoms with Crippen molar-refractivity contribution in [1.29, 1.82) is 0 Å². The normalized spacial score (nSPS) is 11.4. The maximum absolute atomic E-state index is 11.5. The first-order valence-corrected chi connectivity index (χ1v) is 5.25. The molecule has 1 aromatic heterocycles. The summed E-state index contributed by atoms with van der Waals surface area (Å²) in [6, 6.07) is 3.71. The molecule has 4 heteroatoms. The topological polar surface area (TPSA) is 38.3 Å². The Kier molecular flexibility index (Phi) is 3.29. The molecule has 1 aromatic rings. The zero-order chi connectivity index (χ0) is 10.8. The van der Waals surface area contributed by atoms with Crippen molar-refractivity contribution in [2.75, 3.05) is 0 Å². The molecular weight excluding hydrogens is 198 g/mol. The molecule has 0 aromatic carbocycles. The summed E-state index contributed by atoms with van der Waals surface area (Å²) in [6.45, 7) is 7.61. The number of hydrogen-bond acceptors (Lipinski definition) is 3. The maximum Gasteiger partial charge on any atom is 0.284 e. The second-order valence-electron chi connectivity index (χ2n) is 4.06. The van der Waals surface area contributed by atoms with Gasteiger partial charge in [0, 0.05) is 4.88 Å². The van der Waals surface area contributed by atoms with Crippen molar-refractivity contribution in [3.8, 4) is 0 Å². The van der Waals surface area contributed by atoms with Crippen molar-refractivity contribution >= 4 is 17.2 Å². The Hall–Kier alpha value is -0.870. The van der Waals surface area contributed by atoms with E-state index in [4.69, 9.17) is 4.84 Å². The lowest BCUT2D eigenvalue weighted by Crippen LogP contribution is -2.33. The van der Waals surface area contributed by atoms with Crippen LogP contribution in [0.1, 0.15) is 35.3 Å². The summed E-state index contributed by atoms with van der Waals surface area (Å²) in [5, 5.41) is 0. The van der Waals surface area contributed by atoms with Gasteiger partial charge in [0.1, 0.15) is 0 Å². The van der Waals surface area contributed by atoms with E-state index in [1.807, 2.05) is 33.8 Å². The Balaban J connectivity index is 2.52. The largest absolute Gasteiger partial charge is 0.284 e. The Morgan fingerprint density at radius 1 is 1.43 bits per heavy atom. The lowest BCUT2D eigenvalue weighted by atomic mass is 10.2. The Bertz CT molecular complexity index is 325. The van der Waals surface area contributed by atoms with Gasteiger partial charge in [-0.2, -0.15) is 0 Å². The number of thiophene rings is 1. The van der Waals surface area contributed by atoms with Crippen molar-refractivity contribution in [1.82, 2.24) is 5.48 Å². The van der Waals surface area contributed by atoms with E-state index in [0.717, 1.165) is 4.88 Å². The van der Waals surface area contributed by atoms with E-state index in [1.54, 1.807) is 6.07 Å². The number of rotatable bonds is 2. The van der Waals surface area contributed by atoms with Gasteiger partial charge in [-0.15, -0.1) is 11.3 Å². The summed E-state index contributed by atoms with van der Waals surface area (Å²) in [7, 11) is 0. The monoisotopic (exact) mass is 213 g/mol. The Morgan fingerprint density at radius 3 is 2.50 bits per heavy atom. The fourth-order valence-corrected chi connectivity index (χ4v) is 1.56. The number of amides is 1. The van der Waals surface area contributed by atoms with Gasteiger partial charge in [0.25, 0.3) is 5.91 Å². The number of aryl methyl sites for hydroxylation is 1. The van der Waals surface area contributed by atoms with Crippen LogP contribution < -0.4 is 5.48 Å². The van der Waals surface area contributed by atoms with Crippen LogP contribution >= 0.6 is 11.3 Å². The molecule has 1 rings (SSSR count). The molecule has 0 radical (unpaired) electrons. The van der Waals surface area contributed by atoms with Gasteiger partial charge in [0.05, 0.1) is 10.5 Å². The SMILES string of the molecule is Cc1ccc(C(=O)NOC(C)(C)C)s1. The van der Waals surface area contributed by atoms with E-state index in [0.29, 0.717) is 4.88 Å². The van der Waals surface area contributed by atoms with Gasteiger partial charge in [0.15, 0.2) is 0 Å². The molecule has 0 aliphatic heterocycles. The van der Waals surface area contributed by atoms with E-state index in [-0.39, 0.29) is 11.5 Å². The van der Waals surface area contributed by atoms with Gasteiger partial charge >= 0.3 is 0 Å². The quantitative estimate of drug-likeness (QED) is 0.767. The third-order valence-electron chi connectivity index (χ3n) is 1.41. The molecule has 1 heterocycles. The van der Waals surface area contributed by atoms with Crippen molar-refractivity contribution in [2.24, 2.45) is 0 Å². The fraction of sp³-hybridized carbons (Fsp3) is 0.500. The predicted octanol–water partition coefficient (Wildman–Crippen LogP) is 2.52. The smallest absolute Gasteiger partial charge is 0.268 e. The maximum atomic E-state index is 11.5. The van der Waals surface area contributed by atoms with Crippen LogP contribution in [0.5, 0.6) is 0 Å². The highest BCUT2D eigenvalue weighted by molar-refractivity contribution is 7.13. The van der Waals surface area contributed by atoms with Crippen LogP contribution in [0, 0.1) is 6.92 Å². The van der Waals surface area contributed by atoms with E-state index >= 15 is 0 Å². The molecule has 0 saturated carbocycles. The van der Waals surface area contributed by atoms with E-state index < -0.39 is 0 Å². The minimum Gasteiger partial charge on any atom is -0.268 e. The number of carbonyl (C=O) groups is 1. The Labute approximate surface area is 88.0 Å². The van der Waals surface area contributed by atoms with Crippen molar-refractivity contribution < 1.29 is 9.63 Å². The summed E-state index contributed by atoms with van der Waals surface area (Å²) in [5.41, 5.74) is 2.06. The number of hydrogen-bond donors (Lipinski definition) is 1. The lowest BCUT2D eigenvalue weighted by Gasteiger charge is -2.18. The van der Waals surface area contributed by atoms with Crippen LogP contribution in [-0.4, -0.2) is 11.5 Å². The van der Waals surface area contributed by atoms with Crippen LogP contribution in [0.2, 0.25) is 0 Å². The van der Waals surface area contributed by atoms with Crippen LogP contribution in [0.3, 0.4) is 0 Å². The molecular formula is C10H15NO2S. The van der Waals surface area contributed by atoms with Crippen molar-refractivity contribution in [3.05, 3.63) is 21.9 Å². The van der Waals surface area contributed by atoms with Gasteiger partial charge in [-0.1, -0.05) is 0 Å². The predicted molar refractivity (Wildman–Crippen MR) is 57.4 cm³/mol. The van der Waals surface area contributed by atoms with E-state index in [1.165, 1.54) is 11.3 Å². The summed E-state index contributed by atoms with van der Waals surface area (Å²) < 4.78 is 0. The van der Waals surface area contributed by atoms with Crippen LogP contribution in [0.4, 0.5) is 0 Å². The first-order chi connectivity index (χ1) is 6.38. The molecule has 0 unspecified atom stereocenters. The molecule has 0 atom stereocenters. The highest BCUT2D eigenvalue weighted by Gasteiger charge is 2.14. The highest BCUT2D eigenvalue weighted by atomic mass is 32.1. The molecule has 3 nitrogen and oxygen atoms in total. The molecule has 0 bridgehead atoms. The van der Waals surface area contributed by atoms with Crippen LogP contribution in [-0.2, 0) is 4.84 Å². The van der Waals surface area contributed by atoms with Crippen LogP contribution in [0.25, 0.3) is 0 Å². The van der Waals surface area contributed by atoms with Gasteiger partial charge in [-0.3, -0.25) is 9.63 Å². The fourth-order valence-electron chi connectivity index (χ4n) is 0.806. The molecule has 78 valence electrons. The summed E-state index contributed by atoms with van der Waals surface area (Å²) in [4.78, 5) is 18.4. The number of hydroxylamine groups is 1. The second-order valence-corrected chi connectivity index (χ2v) is 5.34. The minimum atomic E-state index is -0.359. The van der Waals surface area contributed by atoms with Crippen molar-refractivity contribution in [3.63, 3.8) is 0 Å². The van der Waals surface area contributed by atoms with Gasteiger partial charge < -0.3 is 0 Å². The first-order valence-electron chi connectivity index (χ1n) is 4.43. The molecule has 0 spiro atoms. The number of carbonyl (C=O) groups excluding carboxylic acids is 1. The lowest BCUT2D eigenvalue weighted by molar-refractivity contribution is -0.0588. The zero-order valence-corrected chi connectivity index (χ0v) is 9.70. The number of nitrogens with one attached hydrogen (secondary N) is 1. The average Bonchev–Trinajstić information content (AvgIpc) is 2.46. The Morgan fingerprint density at radius 2 is 2.07 bits per heavy atom. The molecule has 14 heavy (non-hydrogen) atoms. The van der Waals surface area contributed by atoms with Gasteiger partial charge in [-0.25, -0.2) is 5.48 Å². The average molecular weight is 213 g/mol. The second kappa shape index (κ2) is 4.11. The highest BCUT2D eigenvalue weighted by Crippen LogP contribution is 2.15. The molecule has 1 amide bonds. The third kappa shape index (κ3) is 3.47. The zero-order valence-electron chi connectivity index (χ0n) is 8.88. The van der Waals surface area contributed by atoms with E-state index in [9.17, 15) is 4.79 Å². The van der Waals surface area contributed by atoms with Gasteiger partial charge in [-0.05, 0) is 39.8 Å². The van der Waals surface area contributed by atoms with E-state index in [2.05, 4.69) is 5.48 Å². The summed E-state index contributed by atoms with van der Waals surface area (Å²) in [6.07, 6.45) is 0. The minimum absolute atomic E-state index is 0.182. The standard InChI is InChI=1S/C10H15NO2S/c1-7-5-6-8(14-7)9(12)11-13-10(2,3)4/h5-6H,1-4H3,(H,11,12). The molecule has 0 fully saturated rings. The molecule has 0 saturated heterocycles. The molecule has 0 aliphatic rings. The van der Waals surface area contributed by atoms with Crippen molar-refractivity contribution in [2.45, 2.75) is 33.3 Å².